The molecule has 26 heavy (non-hydrogen) atoms. The Hall–Kier alpha value is -1.70. The van der Waals surface area contributed by atoms with Crippen molar-refractivity contribution in [2.24, 2.45) is 5.92 Å². The van der Waals surface area contributed by atoms with E-state index in [1.807, 2.05) is 32.9 Å². The molecule has 0 N–H and O–H groups in total. The van der Waals surface area contributed by atoms with Crippen molar-refractivity contribution in [3.8, 4) is 5.75 Å². The standard InChI is InChI=1S/C19H23NO4S2/c1-13-6-7-14(2)18(15(13)3)24-19(21)16-8-10-20(11-9-16)26(22,23)17-5-4-12-25-17/h4-7,12,16H,8-11H2,1-3H3. The summed E-state index contributed by atoms with van der Waals surface area (Å²) >= 11 is 1.22. The molecular formula is C19H23NO4S2. The Bertz CT molecular complexity index is 896. The second-order valence-electron chi connectivity index (χ2n) is 6.69. The van der Waals surface area contributed by atoms with Gasteiger partial charge in [0.2, 0.25) is 0 Å². The number of aryl methyl sites for hydroxylation is 2. The van der Waals surface area contributed by atoms with Crippen LogP contribution in [0.25, 0.3) is 0 Å². The van der Waals surface area contributed by atoms with Crippen LogP contribution in [0.4, 0.5) is 0 Å². The molecule has 0 spiro atoms. The van der Waals surface area contributed by atoms with Gasteiger partial charge in [0.25, 0.3) is 10.0 Å². The van der Waals surface area contributed by atoms with Crippen molar-refractivity contribution >= 4 is 27.3 Å². The van der Waals surface area contributed by atoms with Crippen LogP contribution >= 0.6 is 11.3 Å². The lowest BCUT2D eigenvalue weighted by molar-refractivity contribution is -0.140. The van der Waals surface area contributed by atoms with Crippen LogP contribution in [0.3, 0.4) is 0 Å². The molecule has 1 saturated heterocycles. The minimum Gasteiger partial charge on any atom is -0.426 e. The highest BCUT2D eigenvalue weighted by Gasteiger charge is 2.33. The highest BCUT2D eigenvalue weighted by Crippen LogP contribution is 2.30. The maximum absolute atomic E-state index is 12.6. The fraction of sp³-hybridized carbons (Fsp3) is 0.421. The number of benzene rings is 1. The molecule has 2 heterocycles. The number of piperidine rings is 1. The van der Waals surface area contributed by atoms with E-state index in [-0.39, 0.29) is 11.9 Å². The summed E-state index contributed by atoms with van der Waals surface area (Å²) < 4.78 is 32.6. The number of esters is 1. The molecule has 1 aliphatic heterocycles. The number of thiophene rings is 1. The van der Waals surface area contributed by atoms with Gasteiger partial charge in [0.15, 0.2) is 0 Å². The van der Waals surface area contributed by atoms with Crippen molar-refractivity contribution in [3.63, 3.8) is 0 Å². The Morgan fingerprint density at radius 1 is 1.12 bits per heavy atom. The third-order valence-electron chi connectivity index (χ3n) is 4.95. The molecule has 1 fully saturated rings. The number of rotatable bonds is 4. The van der Waals surface area contributed by atoms with Crippen LogP contribution in [0.2, 0.25) is 0 Å². The molecule has 5 nitrogen and oxygen atoms in total. The average Bonchev–Trinajstić information content (AvgIpc) is 3.17. The molecular weight excluding hydrogens is 370 g/mol. The second kappa shape index (κ2) is 7.50. The fourth-order valence-electron chi connectivity index (χ4n) is 3.14. The lowest BCUT2D eigenvalue weighted by Gasteiger charge is -2.29. The first-order valence-corrected chi connectivity index (χ1v) is 10.9. The molecule has 0 bridgehead atoms. The monoisotopic (exact) mass is 393 g/mol. The molecule has 0 atom stereocenters. The minimum atomic E-state index is -3.45. The number of ether oxygens (including phenoxy) is 1. The predicted octanol–water partition coefficient (Wildman–Crippen LogP) is 3.68. The van der Waals surface area contributed by atoms with E-state index in [1.54, 1.807) is 17.5 Å². The molecule has 3 rings (SSSR count). The van der Waals surface area contributed by atoms with Crippen molar-refractivity contribution < 1.29 is 17.9 Å². The van der Waals surface area contributed by atoms with Gasteiger partial charge in [-0.3, -0.25) is 4.79 Å². The fourth-order valence-corrected chi connectivity index (χ4v) is 5.75. The summed E-state index contributed by atoms with van der Waals surface area (Å²) in [6.07, 6.45) is 0.959. The number of carbonyl (C=O) groups excluding carboxylic acids is 1. The Kier molecular flexibility index (Phi) is 5.50. The van der Waals surface area contributed by atoms with Crippen LogP contribution in [0, 0.1) is 26.7 Å². The van der Waals surface area contributed by atoms with Crippen molar-refractivity contribution in [2.75, 3.05) is 13.1 Å². The normalized spacial score (nSPS) is 16.6. The second-order valence-corrected chi connectivity index (χ2v) is 9.80. The van der Waals surface area contributed by atoms with Crippen molar-refractivity contribution in [3.05, 3.63) is 46.3 Å². The van der Waals surface area contributed by atoms with Crippen molar-refractivity contribution in [2.45, 2.75) is 37.8 Å². The van der Waals surface area contributed by atoms with E-state index >= 15 is 0 Å². The predicted molar refractivity (Wildman–Crippen MR) is 102 cm³/mol. The molecule has 0 saturated carbocycles. The largest absolute Gasteiger partial charge is 0.426 e. The van der Waals surface area contributed by atoms with Gasteiger partial charge < -0.3 is 4.74 Å². The Morgan fingerprint density at radius 3 is 2.38 bits per heavy atom. The van der Waals surface area contributed by atoms with E-state index in [0.29, 0.717) is 35.9 Å². The number of sulfonamides is 1. The van der Waals surface area contributed by atoms with Gasteiger partial charge in [-0.15, -0.1) is 11.3 Å². The van der Waals surface area contributed by atoms with Gasteiger partial charge in [0.05, 0.1) is 5.92 Å². The van der Waals surface area contributed by atoms with E-state index in [4.69, 9.17) is 4.74 Å². The topological polar surface area (TPSA) is 63.7 Å². The first-order chi connectivity index (χ1) is 12.3. The van der Waals surface area contributed by atoms with Gasteiger partial charge in [0, 0.05) is 13.1 Å². The van der Waals surface area contributed by atoms with E-state index in [9.17, 15) is 13.2 Å². The molecule has 1 aliphatic rings. The van der Waals surface area contributed by atoms with Gasteiger partial charge in [-0.1, -0.05) is 18.2 Å². The lowest BCUT2D eigenvalue weighted by atomic mass is 9.98. The maximum atomic E-state index is 12.6. The third-order valence-corrected chi connectivity index (χ3v) is 8.22. The van der Waals surface area contributed by atoms with E-state index < -0.39 is 10.0 Å². The van der Waals surface area contributed by atoms with Crippen LogP contribution in [0.5, 0.6) is 5.75 Å². The van der Waals surface area contributed by atoms with Gasteiger partial charge in [-0.25, -0.2) is 8.42 Å². The molecule has 0 aliphatic carbocycles. The van der Waals surface area contributed by atoms with Crippen LogP contribution < -0.4 is 4.74 Å². The summed E-state index contributed by atoms with van der Waals surface area (Å²) in [7, 11) is -3.45. The number of hydrogen-bond donors (Lipinski definition) is 0. The molecule has 1 aromatic heterocycles. The summed E-state index contributed by atoms with van der Waals surface area (Å²) in [5.74, 6) is 0.0858. The molecule has 0 amide bonds. The van der Waals surface area contributed by atoms with Gasteiger partial charge in [-0.2, -0.15) is 4.31 Å². The van der Waals surface area contributed by atoms with Gasteiger partial charge in [-0.05, 0) is 61.7 Å². The smallest absolute Gasteiger partial charge is 0.314 e. The van der Waals surface area contributed by atoms with E-state index in [1.165, 1.54) is 15.6 Å². The molecule has 140 valence electrons. The van der Waals surface area contributed by atoms with Crippen LogP contribution in [-0.2, 0) is 14.8 Å². The third kappa shape index (κ3) is 3.70. The summed E-state index contributed by atoms with van der Waals surface area (Å²) in [5.41, 5.74) is 2.98. The Morgan fingerprint density at radius 2 is 1.77 bits per heavy atom. The maximum Gasteiger partial charge on any atom is 0.314 e. The highest BCUT2D eigenvalue weighted by molar-refractivity contribution is 7.91. The summed E-state index contributed by atoms with van der Waals surface area (Å²) in [4.78, 5) is 12.6. The summed E-state index contributed by atoms with van der Waals surface area (Å²) in [6.45, 7) is 6.53. The first kappa shape index (κ1) is 19.1. The van der Waals surface area contributed by atoms with Crippen LogP contribution in [0.1, 0.15) is 29.5 Å². The quantitative estimate of drug-likeness (QED) is 0.587. The zero-order chi connectivity index (χ0) is 18.9. The molecule has 0 radical (unpaired) electrons. The van der Waals surface area contributed by atoms with Crippen LogP contribution in [-0.4, -0.2) is 31.8 Å². The van der Waals surface area contributed by atoms with Gasteiger partial charge in [0.1, 0.15) is 9.96 Å². The van der Waals surface area contributed by atoms with Crippen molar-refractivity contribution in [1.29, 1.82) is 0 Å². The molecule has 2 aromatic rings. The highest BCUT2D eigenvalue weighted by atomic mass is 32.2. The van der Waals surface area contributed by atoms with Gasteiger partial charge >= 0.3 is 5.97 Å². The average molecular weight is 394 g/mol. The molecule has 7 heteroatoms. The molecule has 0 unspecified atom stereocenters. The first-order valence-electron chi connectivity index (χ1n) is 8.63. The van der Waals surface area contributed by atoms with Crippen LogP contribution in [0.15, 0.2) is 33.9 Å². The minimum absolute atomic E-state index is 0.269. The van der Waals surface area contributed by atoms with Crippen molar-refractivity contribution in [1.82, 2.24) is 4.31 Å². The Labute approximate surface area is 158 Å². The van der Waals surface area contributed by atoms with E-state index in [2.05, 4.69) is 0 Å². The Balaban J connectivity index is 1.65. The van der Waals surface area contributed by atoms with E-state index in [0.717, 1.165) is 16.7 Å². The molecule has 1 aromatic carbocycles. The zero-order valence-electron chi connectivity index (χ0n) is 15.2. The summed E-state index contributed by atoms with van der Waals surface area (Å²) in [5, 5.41) is 1.75. The number of nitrogens with zero attached hydrogens (tertiary/aromatic N) is 1. The SMILES string of the molecule is Cc1ccc(C)c(OC(=O)C2CCN(S(=O)(=O)c3cccs3)CC2)c1C. The number of carbonyl (C=O) groups is 1. The lowest BCUT2D eigenvalue weighted by Crippen LogP contribution is -2.40. The zero-order valence-corrected chi connectivity index (χ0v) is 16.8. The summed E-state index contributed by atoms with van der Waals surface area (Å²) in [6, 6.07) is 7.30. The number of hydrogen-bond acceptors (Lipinski definition) is 5.